The summed E-state index contributed by atoms with van der Waals surface area (Å²) in [5.74, 6) is 0.0507. The van der Waals surface area contributed by atoms with Crippen LogP contribution in [0.2, 0.25) is 0 Å². The first-order chi connectivity index (χ1) is 10.2. The number of anilines is 2. The molecule has 0 aromatic heterocycles. The molecule has 0 radical (unpaired) electrons. The molecule has 1 heterocycles. The molecular weight excluding hydrogens is 266 g/mol. The van der Waals surface area contributed by atoms with E-state index < -0.39 is 0 Å². The highest BCUT2D eigenvalue weighted by Gasteiger charge is 2.19. The van der Waals surface area contributed by atoms with Crippen molar-refractivity contribution in [1.82, 2.24) is 5.32 Å². The Balaban J connectivity index is 1.98. The third-order valence-corrected chi connectivity index (χ3v) is 3.81. The number of benzene rings is 1. The highest BCUT2D eigenvalue weighted by molar-refractivity contribution is 5.94. The van der Waals surface area contributed by atoms with Crippen molar-refractivity contribution >= 4 is 17.3 Å². The van der Waals surface area contributed by atoms with E-state index in [1.165, 1.54) is 0 Å². The summed E-state index contributed by atoms with van der Waals surface area (Å²) < 4.78 is 0. The lowest BCUT2D eigenvalue weighted by Crippen LogP contribution is -2.36. The zero-order valence-corrected chi connectivity index (χ0v) is 12.6. The fourth-order valence-electron chi connectivity index (χ4n) is 2.60. The Morgan fingerprint density at radius 1 is 1.33 bits per heavy atom. The van der Waals surface area contributed by atoms with Gasteiger partial charge < -0.3 is 20.6 Å². The molecule has 1 amide bonds. The van der Waals surface area contributed by atoms with Gasteiger partial charge in [0.25, 0.3) is 0 Å². The molecule has 1 aliphatic rings. The van der Waals surface area contributed by atoms with E-state index in [1.807, 2.05) is 31.3 Å². The van der Waals surface area contributed by atoms with E-state index in [4.69, 9.17) is 0 Å². The van der Waals surface area contributed by atoms with Crippen LogP contribution in [0.25, 0.3) is 0 Å². The van der Waals surface area contributed by atoms with Crippen molar-refractivity contribution in [3.8, 4) is 0 Å². The lowest BCUT2D eigenvalue weighted by atomic mass is 10.1. The van der Waals surface area contributed by atoms with E-state index in [0.717, 1.165) is 50.3 Å². The van der Waals surface area contributed by atoms with Crippen LogP contribution in [0.1, 0.15) is 25.7 Å². The van der Waals surface area contributed by atoms with Crippen molar-refractivity contribution in [2.45, 2.75) is 31.8 Å². The number of hydrogen-bond donors (Lipinski definition) is 3. The molecule has 21 heavy (non-hydrogen) atoms. The minimum Gasteiger partial charge on any atom is -0.393 e. The number of rotatable bonds is 6. The molecular formula is C16H25N3O2. The predicted octanol–water partition coefficient (Wildman–Crippen LogP) is 1.59. The number of carbonyl (C=O) groups excluding carboxylic acids is 1. The zero-order valence-electron chi connectivity index (χ0n) is 12.6. The third kappa shape index (κ3) is 4.72. The molecule has 1 aromatic rings. The first kappa shape index (κ1) is 15.8. The molecule has 5 nitrogen and oxygen atoms in total. The summed E-state index contributed by atoms with van der Waals surface area (Å²) in [7, 11) is 1.89. The van der Waals surface area contributed by atoms with Crippen molar-refractivity contribution in [2.75, 3.05) is 36.9 Å². The molecule has 116 valence electrons. The van der Waals surface area contributed by atoms with Gasteiger partial charge in [0.15, 0.2) is 0 Å². The largest absolute Gasteiger partial charge is 0.393 e. The molecule has 0 saturated carbocycles. The highest BCUT2D eigenvalue weighted by atomic mass is 16.3. The Labute approximate surface area is 126 Å². The second kappa shape index (κ2) is 8.00. The normalized spacial score (nSPS) is 16.0. The Kier molecular flexibility index (Phi) is 6.02. The maximum atomic E-state index is 12.0. The van der Waals surface area contributed by atoms with E-state index in [1.54, 1.807) is 0 Å². The summed E-state index contributed by atoms with van der Waals surface area (Å²) in [6.45, 7) is 2.50. The quantitative estimate of drug-likeness (QED) is 0.696. The Hall–Kier alpha value is -1.59. The maximum absolute atomic E-state index is 12.0. The van der Waals surface area contributed by atoms with Crippen molar-refractivity contribution in [3.05, 3.63) is 24.3 Å². The van der Waals surface area contributed by atoms with Crippen LogP contribution in [-0.2, 0) is 4.79 Å². The van der Waals surface area contributed by atoms with Crippen LogP contribution >= 0.6 is 0 Å². The molecule has 1 saturated heterocycles. The van der Waals surface area contributed by atoms with Gasteiger partial charge in [0.2, 0.25) is 5.91 Å². The number of para-hydroxylation sites is 2. The number of aliphatic hydroxyl groups is 1. The molecule has 0 bridgehead atoms. The summed E-state index contributed by atoms with van der Waals surface area (Å²) in [5.41, 5.74) is 1.91. The predicted molar refractivity (Wildman–Crippen MR) is 85.7 cm³/mol. The summed E-state index contributed by atoms with van der Waals surface area (Å²) in [6.07, 6.45) is 2.73. The second-order valence-electron chi connectivity index (χ2n) is 5.49. The smallest absolute Gasteiger partial charge is 0.224 e. The molecule has 0 unspecified atom stereocenters. The van der Waals surface area contributed by atoms with Crippen LogP contribution in [0.3, 0.4) is 0 Å². The Bertz CT molecular complexity index is 457. The number of amides is 1. The lowest BCUT2D eigenvalue weighted by Gasteiger charge is -2.32. The molecule has 3 N–H and O–H groups in total. The van der Waals surface area contributed by atoms with Crippen LogP contribution in [0.4, 0.5) is 11.4 Å². The number of hydrogen-bond acceptors (Lipinski definition) is 4. The fourth-order valence-corrected chi connectivity index (χ4v) is 2.60. The monoisotopic (exact) mass is 291 g/mol. The second-order valence-corrected chi connectivity index (χ2v) is 5.49. The molecule has 5 heteroatoms. The average Bonchev–Trinajstić information content (AvgIpc) is 2.49. The van der Waals surface area contributed by atoms with Crippen LogP contribution in [0.5, 0.6) is 0 Å². The van der Waals surface area contributed by atoms with Crippen LogP contribution in [0, 0.1) is 0 Å². The summed E-state index contributed by atoms with van der Waals surface area (Å²) >= 11 is 0. The number of piperidine rings is 1. The summed E-state index contributed by atoms with van der Waals surface area (Å²) in [4.78, 5) is 14.2. The van der Waals surface area contributed by atoms with Gasteiger partial charge in [-0.05, 0) is 45.0 Å². The minimum atomic E-state index is -0.190. The van der Waals surface area contributed by atoms with Gasteiger partial charge in [-0.3, -0.25) is 4.79 Å². The van der Waals surface area contributed by atoms with E-state index in [0.29, 0.717) is 6.42 Å². The number of carbonyl (C=O) groups is 1. The molecule has 0 spiro atoms. The lowest BCUT2D eigenvalue weighted by molar-refractivity contribution is -0.116. The molecule has 0 aliphatic carbocycles. The number of aliphatic hydroxyl groups excluding tert-OH is 1. The van der Waals surface area contributed by atoms with Gasteiger partial charge in [-0.1, -0.05) is 12.1 Å². The first-order valence-electron chi connectivity index (χ1n) is 7.67. The van der Waals surface area contributed by atoms with Crippen molar-refractivity contribution < 1.29 is 9.90 Å². The molecule has 1 fully saturated rings. The SMILES string of the molecule is CNCCCC(=O)Nc1ccccc1N1CCC(O)CC1. The minimum absolute atomic E-state index is 0.0507. The Morgan fingerprint density at radius 2 is 2.05 bits per heavy atom. The van der Waals surface area contributed by atoms with Crippen LogP contribution in [0.15, 0.2) is 24.3 Å². The van der Waals surface area contributed by atoms with Crippen LogP contribution < -0.4 is 15.5 Å². The van der Waals surface area contributed by atoms with Crippen molar-refractivity contribution in [3.63, 3.8) is 0 Å². The molecule has 1 aromatic carbocycles. The van der Waals surface area contributed by atoms with Crippen molar-refractivity contribution in [1.29, 1.82) is 0 Å². The van der Waals surface area contributed by atoms with E-state index >= 15 is 0 Å². The van der Waals surface area contributed by atoms with Gasteiger partial charge in [0.1, 0.15) is 0 Å². The topological polar surface area (TPSA) is 64.6 Å². The van der Waals surface area contributed by atoms with Crippen LogP contribution in [-0.4, -0.2) is 43.8 Å². The summed E-state index contributed by atoms with van der Waals surface area (Å²) in [5, 5.41) is 15.7. The van der Waals surface area contributed by atoms with Gasteiger partial charge in [-0.25, -0.2) is 0 Å². The maximum Gasteiger partial charge on any atom is 0.224 e. The highest BCUT2D eigenvalue weighted by Crippen LogP contribution is 2.28. The van der Waals surface area contributed by atoms with E-state index in [2.05, 4.69) is 15.5 Å². The molecule has 2 rings (SSSR count). The van der Waals surface area contributed by atoms with Gasteiger partial charge in [-0.15, -0.1) is 0 Å². The van der Waals surface area contributed by atoms with Gasteiger partial charge in [0.05, 0.1) is 17.5 Å². The van der Waals surface area contributed by atoms with E-state index in [-0.39, 0.29) is 12.0 Å². The Morgan fingerprint density at radius 3 is 2.76 bits per heavy atom. The van der Waals surface area contributed by atoms with E-state index in [9.17, 15) is 9.90 Å². The van der Waals surface area contributed by atoms with Crippen molar-refractivity contribution in [2.24, 2.45) is 0 Å². The molecule has 0 atom stereocenters. The van der Waals surface area contributed by atoms with Gasteiger partial charge >= 0.3 is 0 Å². The zero-order chi connectivity index (χ0) is 15.1. The molecule has 1 aliphatic heterocycles. The summed E-state index contributed by atoms with van der Waals surface area (Å²) in [6, 6.07) is 7.89. The number of nitrogens with zero attached hydrogens (tertiary/aromatic N) is 1. The van der Waals surface area contributed by atoms with Gasteiger partial charge in [-0.2, -0.15) is 0 Å². The fraction of sp³-hybridized carbons (Fsp3) is 0.562. The van der Waals surface area contributed by atoms with Gasteiger partial charge in [0, 0.05) is 19.5 Å². The number of nitrogens with one attached hydrogen (secondary N) is 2. The average molecular weight is 291 g/mol. The standard InChI is InChI=1S/C16H25N3O2/c1-17-10-4-7-16(21)18-14-5-2-3-6-15(14)19-11-8-13(20)9-12-19/h2-3,5-6,13,17,20H,4,7-12H2,1H3,(H,18,21). The third-order valence-electron chi connectivity index (χ3n) is 3.81. The first-order valence-corrected chi connectivity index (χ1v) is 7.67.